The minimum atomic E-state index is -0.275. The molecule has 1 aromatic heterocycles. The molecule has 5 nitrogen and oxygen atoms in total. The van der Waals surface area contributed by atoms with Gasteiger partial charge in [0.1, 0.15) is 0 Å². The molecule has 0 radical (unpaired) electrons. The summed E-state index contributed by atoms with van der Waals surface area (Å²) in [6, 6.07) is 12.9. The van der Waals surface area contributed by atoms with Crippen LogP contribution in [0.1, 0.15) is 40.5 Å². The molecule has 24 heavy (non-hydrogen) atoms. The summed E-state index contributed by atoms with van der Waals surface area (Å²) in [5.41, 5.74) is 2.39. The first-order chi connectivity index (χ1) is 11.7. The number of carbonyl (C=O) groups is 1. The van der Waals surface area contributed by atoms with E-state index in [9.17, 15) is 9.90 Å². The van der Waals surface area contributed by atoms with Gasteiger partial charge in [0, 0.05) is 18.9 Å². The van der Waals surface area contributed by atoms with Gasteiger partial charge in [0.05, 0.1) is 24.4 Å². The summed E-state index contributed by atoms with van der Waals surface area (Å²) in [6.45, 7) is 0.472. The number of aliphatic hydroxyl groups excluding tert-OH is 1. The van der Waals surface area contributed by atoms with Gasteiger partial charge in [-0.1, -0.05) is 18.2 Å². The maximum absolute atomic E-state index is 12.7. The Kier molecular flexibility index (Phi) is 5.23. The molecule has 1 aliphatic carbocycles. The van der Waals surface area contributed by atoms with Gasteiger partial charge in [-0.15, -0.1) is 0 Å². The molecular weight excluding hydrogens is 304 g/mol. The maximum atomic E-state index is 12.7. The van der Waals surface area contributed by atoms with Crippen molar-refractivity contribution in [1.29, 1.82) is 0 Å². The zero-order valence-electron chi connectivity index (χ0n) is 13.7. The van der Waals surface area contributed by atoms with E-state index >= 15 is 0 Å². The number of carbonyl (C=O) groups excluding carboxylic acids is 1. The van der Waals surface area contributed by atoms with Gasteiger partial charge in [0.25, 0.3) is 5.91 Å². The first-order valence-corrected chi connectivity index (χ1v) is 8.15. The lowest BCUT2D eigenvalue weighted by atomic mass is 9.76. The van der Waals surface area contributed by atoms with E-state index in [-0.39, 0.29) is 24.0 Å². The van der Waals surface area contributed by atoms with Gasteiger partial charge in [0.2, 0.25) is 0 Å². The highest BCUT2D eigenvalue weighted by atomic mass is 16.5. The van der Waals surface area contributed by atoms with Gasteiger partial charge in [-0.05, 0) is 48.6 Å². The zero-order valence-corrected chi connectivity index (χ0v) is 13.7. The van der Waals surface area contributed by atoms with Crippen LogP contribution >= 0.6 is 0 Å². The standard InChI is InChI=1S/C19H22N2O3/c1-24-12-13-5-4-6-14(9-13)19(23)21-18(15-10-16(22)11-15)17-7-2-3-8-20-17/h2-9,15-16,18,22H,10-12H2,1H3,(H,21,23)/t15?,16?,18-/m1/s1. The van der Waals surface area contributed by atoms with Crippen LogP contribution < -0.4 is 5.32 Å². The molecule has 0 bridgehead atoms. The molecule has 0 spiro atoms. The van der Waals surface area contributed by atoms with E-state index < -0.39 is 0 Å². The summed E-state index contributed by atoms with van der Waals surface area (Å²) in [7, 11) is 1.63. The molecule has 1 fully saturated rings. The summed E-state index contributed by atoms with van der Waals surface area (Å²) in [6.07, 6.45) is 2.82. The number of aromatic nitrogens is 1. The van der Waals surface area contributed by atoms with Gasteiger partial charge in [-0.25, -0.2) is 0 Å². The SMILES string of the molecule is COCc1cccc(C(=O)N[C@@H](c2ccccn2)C2CC(O)C2)c1. The fourth-order valence-corrected chi connectivity index (χ4v) is 3.09. The number of hydrogen-bond acceptors (Lipinski definition) is 4. The summed E-state index contributed by atoms with van der Waals surface area (Å²) in [5, 5.41) is 12.7. The van der Waals surface area contributed by atoms with Crippen molar-refractivity contribution in [2.45, 2.75) is 31.6 Å². The Labute approximate surface area is 141 Å². The van der Waals surface area contributed by atoms with E-state index in [1.165, 1.54) is 0 Å². The molecule has 1 aliphatic rings. The molecule has 0 saturated heterocycles. The Hall–Kier alpha value is -2.24. The van der Waals surface area contributed by atoms with Crippen molar-refractivity contribution in [2.75, 3.05) is 7.11 Å². The van der Waals surface area contributed by atoms with Crippen molar-refractivity contribution in [3.8, 4) is 0 Å². The molecule has 2 N–H and O–H groups in total. The van der Waals surface area contributed by atoms with Gasteiger partial charge < -0.3 is 15.2 Å². The third kappa shape index (κ3) is 3.80. The number of amides is 1. The third-order valence-corrected chi connectivity index (χ3v) is 4.41. The molecule has 126 valence electrons. The highest BCUT2D eigenvalue weighted by Crippen LogP contribution is 2.37. The number of rotatable bonds is 6. The van der Waals surface area contributed by atoms with Crippen molar-refractivity contribution in [2.24, 2.45) is 5.92 Å². The van der Waals surface area contributed by atoms with E-state index in [0.717, 1.165) is 11.3 Å². The fourth-order valence-electron chi connectivity index (χ4n) is 3.09. The van der Waals surface area contributed by atoms with Crippen LogP contribution in [0.5, 0.6) is 0 Å². The number of nitrogens with zero attached hydrogens (tertiary/aromatic N) is 1. The first kappa shape index (κ1) is 16.6. The number of benzene rings is 1. The molecule has 5 heteroatoms. The number of nitrogens with one attached hydrogen (secondary N) is 1. The Morgan fingerprint density at radius 3 is 2.83 bits per heavy atom. The second-order valence-electron chi connectivity index (χ2n) is 6.22. The van der Waals surface area contributed by atoms with Crippen LogP contribution in [0.25, 0.3) is 0 Å². The molecular formula is C19H22N2O3. The van der Waals surface area contributed by atoms with Crippen molar-refractivity contribution in [3.63, 3.8) is 0 Å². The van der Waals surface area contributed by atoms with E-state index in [1.54, 1.807) is 19.4 Å². The molecule has 0 unspecified atom stereocenters. The Bertz CT molecular complexity index is 684. The first-order valence-electron chi connectivity index (χ1n) is 8.15. The Morgan fingerprint density at radius 2 is 2.17 bits per heavy atom. The molecule has 1 saturated carbocycles. The van der Waals surface area contributed by atoms with E-state index in [0.29, 0.717) is 25.0 Å². The third-order valence-electron chi connectivity index (χ3n) is 4.41. The average Bonchev–Trinajstić information content (AvgIpc) is 2.58. The second-order valence-corrected chi connectivity index (χ2v) is 6.22. The van der Waals surface area contributed by atoms with Gasteiger partial charge in [-0.3, -0.25) is 9.78 Å². The van der Waals surface area contributed by atoms with Crippen molar-refractivity contribution >= 4 is 5.91 Å². The van der Waals surface area contributed by atoms with Crippen LogP contribution in [0.3, 0.4) is 0 Å². The van der Waals surface area contributed by atoms with Crippen molar-refractivity contribution in [3.05, 3.63) is 65.5 Å². The topological polar surface area (TPSA) is 71.5 Å². The molecule has 3 rings (SSSR count). The number of aliphatic hydroxyl groups is 1. The molecule has 1 amide bonds. The molecule has 2 aromatic rings. The second kappa shape index (κ2) is 7.55. The Morgan fingerprint density at radius 1 is 1.33 bits per heavy atom. The van der Waals surface area contributed by atoms with Crippen LogP contribution in [0.2, 0.25) is 0 Å². The van der Waals surface area contributed by atoms with Gasteiger partial charge in [0.15, 0.2) is 0 Å². The highest BCUT2D eigenvalue weighted by Gasteiger charge is 2.36. The largest absolute Gasteiger partial charge is 0.393 e. The van der Waals surface area contributed by atoms with E-state index in [2.05, 4.69) is 10.3 Å². The Balaban J connectivity index is 1.77. The summed E-state index contributed by atoms with van der Waals surface area (Å²) in [4.78, 5) is 17.1. The lowest BCUT2D eigenvalue weighted by molar-refractivity contribution is 0.0228. The number of methoxy groups -OCH3 is 1. The van der Waals surface area contributed by atoms with Gasteiger partial charge in [-0.2, -0.15) is 0 Å². The van der Waals surface area contributed by atoms with Crippen LogP contribution in [-0.4, -0.2) is 29.2 Å². The van der Waals surface area contributed by atoms with Crippen LogP contribution in [0, 0.1) is 5.92 Å². The smallest absolute Gasteiger partial charge is 0.251 e. The van der Waals surface area contributed by atoms with Crippen molar-refractivity contribution < 1.29 is 14.6 Å². The molecule has 1 aromatic carbocycles. The lowest BCUT2D eigenvalue weighted by Gasteiger charge is -2.37. The van der Waals surface area contributed by atoms with Gasteiger partial charge >= 0.3 is 0 Å². The predicted molar refractivity (Wildman–Crippen MR) is 90.3 cm³/mol. The minimum absolute atomic E-state index is 0.134. The fraction of sp³-hybridized carbons (Fsp3) is 0.368. The van der Waals surface area contributed by atoms with Crippen LogP contribution in [-0.2, 0) is 11.3 Å². The highest BCUT2D eigenvalue weighted by molar-refractivity contribution is 5.94. The summed E-state index contributed by atoms with van der Waals surface area (Å²) >= 11 is 0. The maximum Gasteiger partial charge on any atom is 0.251 e. The zero-order chi connectivity index (χ0) is 16.9. The minimum Gasteiger partial charge on any atom is -0.393 e. The average molecular weight is 326 g/mol. The van der Waals surface area contributed by atoms with Crippen molar-refractivity contribution in [1.82, 2.24) is 10.3 Å². The molecule has 0 aliphatic heterocycles. The monoisotopic (exact) mass is 326 g/mol. The normalized spacial score (nSPS) is 20.9. The summed E-state index contributed by atoms with van der Waals surface area (Å²) < 4.78 is 5.12. The lowest BCUT2D eigenvalue weighted by Crippen LogP contribution is -2.41. The van der Waals surface area contributed by atoms with E-state index in [4.69, 9.17) is 4.74 Å². The van der Waals surface area contributed by atoms with Crippen LogP contribution in [0.15, 0.2) is 48.7 Å². The van der Waals surface area contributed by atoms with E-state index in [1.807, 2.05) is 36.4 Å². The number of hydrogen-bond donors (Lipinski definition) is 2. The van der Waals surface area contributed by atoms with Crippen LogP contribution in [0.4, 0.5) is 0 Å². The molecule has 1 heterocycles. The molecule has 1 atom stereocenters. The summed E-state index contributed by atoms with van der Waals surface area (Å²) in [5.74, 6) is 0.0750. The number of ether oxygens (including phenoxy) is 1. The quantitative estimate of drug-likeness (QED) is 0.855. The predicted octanol–water partition coefficient (Wildman–Crippen LogP) is 2.47. The number of pyridine rings is 1.